The van der Waals surface area contributed by atoms with Gasteiger partial charge in [-0.15, -0.1) is 0 Å². The van der Waals surface area contributed by atoms with Gasteiger partial charge in [0, 0.05) is 20.0 Å². The van der Waals surface area contributed by atoms with Crippen LogP contribution in [0, 0.1) is 0 Å². The van der Waals surface area contributed by atoms with Gasteiger partial charge in [0.05, 0.1) is 6.10 Å². The summed E-state index contributed by atoms with van der Waals surface area (Å²) in [7, 11) is 1.60. The first-order valence-corrected chi connectivity index (χ1v) is 11.1. The van der Waals surface area contributed by atoms with E-state index in [-0.39, 0.29) is 6.10 Å². The molecule has 5 rings (SSSR count). The van der Waals surface area contributed by atoms with Crippen LogP contribution in [0.4, 0.5) is 9.59 Å². The number of halogens is 6. The van der Waals surface area contributed by atoms with E-state index in [1.807, 2.05) is 0 Å². The van der Waals surface area contributed by atoms with Gasteiger partial charge in [-0.05, 0) is 0 Å². The van der Waals surface area contributed by atoms with Crippen LogP contribution in [0.5, 0.6) is 0 Å². The van der Waals surface area contributed by atoms with Crippen LogP contribution in [0.2, 0.25) is 0 Å². The lowest BCUT2D eigenvalue weighted by Crippen LogP contribution is -2.71. The number of ether oxygens (including phenoxy) is 4. The second-order valence-corrected chi connectivity index (χ2v) is 12.5. The van der Waals surface area contributed by atoms with Crippen LogP contribution in [0.1, 0.15) is 12.8 Å². The molecule has 0 radical (unpaired) electrons. The fourth-order valence-electron chi connectivity index (χ4n) is 4.68. The van der Waals surface area contributed by atoms with Crippen molar-refractivity contribution >= 4 is 81.8 Å². The molecule has 168 valence electrons. The van der Waals surface area contributed by atoms with Crippen LogP contribution in [-0.4, -0.2) is 79.5 Å². The third-order valence-electron chi connectivity index (χ3n) is 5.72. The lowest BCUT2D eigenvalue weighted by Gasteiger charge is -2.50. The summed E-state index contributed by atoms with van der Waals surface area (Å²) in [6, 6.07) is -1.32. The van der Waals surface area contributed by atoms with Crippen molar-refractivity contribution in [2.45, 2.75) is 49.8 Å². The molecular formula is C16H16Cl6N2O6. The maximum Gasteiger partial charge on any atom is 0.429 e. The number of hydrazine groups is 1. The van der Waals surface area contributed by atoms with Crippen molar-refractivity contribution in [2.24, 2.45) is 0 Å². The number of epoxide rings is 1. The molecule has 2 amide bonds. The minimum atomic E-state index is -1.83. The zero-order chi connectivity index (χ0) is 22.1. The van der Waals surface area contributed by atoms with Gasteiger partial charge in [-0.2, -0.15) is 0 Å². The van der Waals surface area contributed by atoms with E-state index in [0.29, 0.717) is 12.8 Å². The molecule has 5 aliphatic rings. The molecule has 8 nitrogen and oxygen atoms in total. The summed E-state index contributed by atoms with van der Waals surface area (Å²) >= 11 is 34.1. The first-order valence-electron chi connectivity index (χ1n) is 8.80. The number of alkyl halides is 6. The lowest BCUT2D eigenvalue weighted by atomic mass is 9.76. The number of fused-ring (bicyclic) bond motifs is 1. The first kappa shape index (κ1) is 23.1. The molecule has 0 aromatic rings. The van der Waals surface area contributed by atoms with Crippen molar-refractivity contribution in [3.63, 3.8) is 0 Å². The van der Waals surface area contributed by atoms with Crippen molar-refractivity contribution < 1.29 is 28.5 Å². The smallest absolute Gasteiger partial charge is 0.429 e. The van der Waals surface area contributed by atoms with Gasteiger partial charge in [0.15, 0.2) is 0 Å². The predicted molar refractivity (Wildman–Crippen MR) is 110 cm³/mol. The third kappa shape index (κ3) is 3.71. The Hall–Kier alpha value is -0.0600. The summed E-state index contributed by atoms with van der Waals surface area (Å²) < 4.78 is 18.3. The molecule has 0 spiro atoms. The summed E-state index contributed by atoms with van der Waals surface area (Å²) in [5, 5.41) is 2.20. The average Bonchev–Trinajstić information content (AvgIpc) is 3.21. The molecule has 2 saturated heterocycles. The predicted octanol–water partition coefficient (Wildman–Crippen LogP) is 4.16. The number of methoxy groups -OCH3 is 1. The van der Waals surface area contributed by atoms with Crippen LogP contribution in [0.15, 0.2) is 12.2 Å². The molecule has 0 N–H and O–H groups in total. The number of carbonyl (C=O) groups excluding carboxylic acids is 2. The highest BCUT2D eigenvalue weighted by atomic mass is 35.6. The van der Waals surface area contributed by atoms with Crippen LogP contribution in [0.3, 0.4) is 0 Å². The number of rotatable bonds is 3. The molecule has 14 heteroatoms. The number of amides is 2. The number of carbonyl (C=O) groups is 2. The highest BCUT2D eigenvalue weighted by molar-refractivity contribution is 6.68. The molecule has 4 unspecified atom stereocenters. The Morgan fingerprint density at radius 2 is 1.33 bits per heavy atom. The normalized spacial score (nSPS) is 36.4. The van der Waals surface area contributed by atoms with Crippen molar-refractivity contribution in [3.05, 3.63) is 12.2 Å². The maximum atomic E-state index is 12.9. The number of nitrogens with zero attached hydrogens (tertiary/aromatic N) is 2. The van der Waals surface area contributed by atoms with E-state index in [9.17, 15) is 9.59 Å². The van der Waals surface area contributed by atoms with Crippen molar-refractivity contribution in [2.75, 3.05) is 20.3 Å². The Kier molecular flexibility index (Phi) is 5.77. The number of hydrogen-bond acceptors (Lipinski definition) is 6. The highest BCUT2D eigenvalue weighted by Crippen LogP contribution is 2.70. The minimum Gasteiger partial charge on any atom is -0.444 e. The van der Waals surface area contributed by atoms with Crippen molar-refractivity contribution in [3.8, 4) is 0 Å². The fourth-order valence-corrected chi connectivity index (χ4v) is 5.00. The monoisotopic (exact) mass is 542 g/mol. The van der Waals surface area contributed by atoms with Crippen molar-refractivity contribution in [1.82, 2.24) is 10.0 Å². The van der Waals surface area contributed by atoms with E-state index >= 15 is 0 Å². The Morgan fingerprint density at radius 1 is 0.933 bits per heavy atom. The Labute approximate surface area is 202 Å². The molecule has 2 bridgehead atoms. The molecule has 3 fully saturated rings. The maximum absolute atomic E-state index is 12.9. The second-order valence-electron chi connectivity index (χ2n) is 7.45. The molecule has 30 heavy (non-hydrogen) atoms. The molecule has 1 saturated carbocycles. The highest BCUT2D eigenvalue weighted by Gasteiger charge is 2.86. The van der Waals surface area contributed by atoms with E-state index in [0.717, 1.165) is 10.0 Å². The standard InChI is InChI=1S/C16H16Cl6N2O6/c1-27-8-4-13-9-2-3-10(14(13,5-8)30-13)24(12(26)29-7-16(20,21)22)23(9)11(25)28-6-15(17,18)19/h2-3,8-10H,4-7H2,1H3. The lowest BCUT2D eigenvalue weighted by molar-refractivity contribution is -0.0881. The number of hydrogen-bond donors (Lipinski definition) is 0. The van der Waals surface area contributed by atoms with Gasteiger partial charge < -0.3 is 18.9 Å². The van der Waals surface area contributed by atoms with Gasteiger partial charge in [-0.1, -0.05) is 81.8 Å². The Balaban J connectivity index is 1.63. The fraction of sp³-hybridized carbons (Fsp3) is 0.750. The summed E-state index contributed by atoms with van der Waals surface area (Å²) in [4.78, 5) is 25.9. The summed E-state index contributed by atoms with van der Waals surface area (Å²) in [6.07, 6.45) is 2.73. The van der Waals surface area contributed by atoms with E-state index < -0.39 is 56.3 Å². The minimum absolute atomic E-state index is 0.0974. The van der Waals surface area contributed by atoms with Gasteiger partial charge in [0.25, 0.3) is 0 Å². The molecule has 0 aromatic carbocycles. The molecular weight excluding hydrogens is 529 g/mol. The van der Waals surface area contributed by atoms with Crippen LogP contribution in [-0.2, 0) is 18.9 Å². The average molecular weight is 545 g/mol. The largest absolute Gasteiger partial charge is 0.444 e. The van der Waals surface area contributed by atoms with E-state index in [2.05, 4.69) is 0 Å². The van der Waals surface area contributed by atoms with Crippen LogP contribution < -0.4 is 0 Å². The van der Waals surface area contributed by atoms with Gasteiger partial charge >= 0.3 is 12.2 Å². The molecule has 3 heterocycles. The van der Waals surface area contributed by atoms with Crippen molar-refractivity contribution in [1.29, 1.82) is 0 Å². The summed E-state index contributed by atoms with van der Waals surface area (Å²) in [6.45, 7) is -1.05. The first-order chi connectivity index (χ1) is 13.8. The molecule has 2 aliphatic carbocycles. The zero-order valence-corrected chi connectivity index (χ0v) is 19.9. The summed E-state index contributed by atoms with van der Waals surface area (Å²) in [5.74, 6) is 0. The van der Waals surface area contributed by atoms with E-state index in [1.165, 1.54) is 0 Å². The van der Waals surface area contributed by atoms with Gasteiger partial charge in [0.2, 0.25) is 7.59 Å². The quantitative estimate of drug-likeness (QED) is 0.301. The zero-order valence-electron chi connectivity index (χ0n) is 15.3. The second kappa shape index (κ2) is 7.48. The van der Waals surface area contributed by atoms with E-state index in [1.54, 1.807) is 19.3 Å². The Bertz CT molecular complexity index is 727. The molecule has 4 atom stereocenters. The van der Waals surface area contributed by atoms with Gasteiger partial charge in [-0.25, -0.2) is 19.6 Å². The van der Waals surface area contributed by atoms with Crippen LogP contribution in [0.25, 0.3) is 0 Å². The molecule has 3 aliphatic heterocycles. The molecule has 0 aromatic heterocycles. The Morgan fingerprint density at radius 3 is 1.67 bits per heavy atom. The topological polar surface area (TPSA) is 80.8 Å². The van der Waals surface area contributed by atoms with Gasteiger partial charge in [0.1, 0.15) is 36.5 Å². The third-order valence-corrected chi connectivity index (χ3v) is 6.37. The van der Waals surface area contributed by atoms with E-state index in [4.69, 9.17) is 88.6 Å². The van der Waals surface area contributed by atoms with Gasteiger partial charge in [-0.3, -0.25) is 0 Å². The SMILES string of the molecule is COC1CC23OC2(C1)C1C=CC3N(C(=O)OCC(Cl)(Cl)Cl)N1C(=O)OCC(Cl)(Cl)Cl. The summed E-state index contributed by atoms with van der Waals surface area (Å²) in [5.41, 5.74) is -1.42. The van der Waals surface area contributed by atoms with Crippen LogP contribution >= 0.6 is 69.6 Å².